The van der Waals surface area contributed by atoms with Gasteiger partial charge in [0.15, 0.2) is 6.10 Å². The number of rotatable bonds is 7. The van der Waals surface area contributed by atoms with E-state index in [2.05, 4.69) is 5.32 Å². The highest BCUT2D eigenvalue weighted by Gasteiger charge is 2.30. The number of carbonyl (C=O) groups is 2. The summed E-state index contributed by atoms with van der Waals surface area (Å²) in [5.74, 6) is -0.687. The zero-order valence-electron chi connectivity index (χ0n) is 14.1. The largest absolute Gasteiger partial charge is 0.497 e. The summed E-state index contributed by atoms with van der Waals surface area (Å²) in [5, 5.41) is 13.0. The number of ether oxygens (including phenoxy) is 2. The van der Waals surface area contributed by atoms with E-state index in [-0.39, 0.29) is 6.61 Å². The molecular weight excluding hydrogens is 322 g/mol. The summed E-state index contributed by atoms with van der Waals surface area (Å²) < 4.78 is 9.98. The number of benzene rings is 2. The topological polar surface area (TPSA) is 84.9 Å². The zero-order valence-corrected chi connectivity index (χ0v) is 14.1. The molecule has 0 spiro atoms. The Balaban J connectivity index is 2.26. The van der Waals surface area contributed by atoms with Gasteiger partial charge in [0.2, 0.25) is 0 Å². The third-order valence-electron chi connectivity index (χ3n) is 3.62. The molecule has 0 heterocycles. The second kappa shape index (κ2) is 8.84. The van der Waals surface area contributed by atoms with Crippen LogP contribution < -0.4 is 10.1 Å². The smallest absolute Gasteiger partial charge is 0.337 e. The molecule has 25 heavy (non-hydrogen) atoms. The Morgan fingerprint density at radius 1 is 1.12 bits per heavy atom. The summed E-state index contributed by atoms with van der Waals surface area (Å²) in [6.07, 6.45) is -1.52. The molecule has 2 aromatic rings. The molecule has 2 aromatic carbocycles. The number of nitrogens with one attached hydrogen (secondary N) is 1. The lowest BCUT2D eigenvalue weighted by atomic mass is 10.0. The maximum Gasteiger partial charge on any atom is 0.337 e. The molecule has 0 bridgehead atoms. The lowest BCUT2D eigenvalue weighted by Crippen LogP contribution is -2.41. The van der Waals surface area contributed by atoms with Crippen LogP contribution in [-0.2, 0) is 9.53 Å². The molecule has 0 aliphatic carbocycles. The molecule has 2 N–H and O–H groups in total. The van der Waals surface area contributed by atoms with Gasteiger partial charge in [-0.3, -0.25) is 4.79 Å². The predicted octanol–water partition coefficient (Wildman–Crippen LogP) is 2.09. The molecule has 0 aliphatic rings. The number of hydrogen-bond donors (Lipinski definition) is 2. The second-order valence-electron chi connectivity index (χ2n) is 5.29. The molecule has 0 aromatic heterocycles. The van der Waals surface area contributed by atoms with E-state index in [0.717, 1.165) is 0 Å². The highest BCUT2D eigenvalue weighted by molar-refractivity contribution is 5.95. The van der Waals surface area contributed by atoms with Crippen molar-refractivity contribution in [1.82, 2.24) is 5.32 Å². The van der Waals surface area contributed by atoms with Crippen molar-refractivity contribution >= 4 is 11.9 Å². The monoisotopic (exact) mass is 343 g/mol. The minimum absolute atomic E-state index is 0.140. The van der Waals surface area contributed by atoms with Crippen LogP contribution in [0.5, 0.6) is 5.75 Å². The van der Waals surface area contributed by atoms with Crippen LogP contribution in [0.25, 0.3) is 0 Å². The Morgan fingerprint density at radius 3 is 2.48 bits per heavy atom. The van der Waals surface area contributed by atoms with Crippen LogP contribution in [0.15, 0.2) is 54.6 Å². The van der Waals surface area contributed by atoms with Crippen LogP contribution in [-0.4, -0.2) is 36.8 Å². The van der Waals surface area contributed by atoms with Crippen molar-refractivity contribution < 1.29 is 24.2 Å². The van der Waals surface area contributed by atoms with E-state index in [4.69, 9.17) is 9.47 Å². The SMILES string of the molecule is CCOC(=O)[C@@H](O)[C@@H](NC(=O)c1cccc(OC)c1)c1ccccc1. The normalized spacial score (nSPS) is 12.8. The molecule has 0 fully saturated rings. The Morgan fingerprint density at radius 2 is 1.84 bits per heavy atom. The Hall–Kier alpha value is -2.86. The van der Waals surface area contributed by atoms with Gasteiger partial charge in [0.05, 0.1) is 19.8 Å². The number of esters is 1. The van der Waals surface area contributed by atoms with Gasteiger partial charge >= 0.3 is 5.97 Å². The van der Waals surface area contributed by atoms with Crippen LogP contribution in [0.4, 0.5) is 0 Å². The first kappa shape index (κ1) is 18.5. The summed E-state index contributed by atoms with van der Waals surface area (Å²) in [6.45, 7) is 1.79. The van der Waals surface area contributed by atoms with Gasteiger partial charge in [0.1, 0.15) is 5.75 Å². The molecule has 0 saturated carbocycles. The molecule has 0 radical (unpaired) electrons. The number of methoxy groups -OCH3 is 1. The van der Waals surface area contributed by atoms with Crippen molar-refractivity contribution in [2.75, 3.05) is 13.7 Å². The Bertz CT molecular complexity index is 717. The van der Waals surface area contributed by atoms with Crippen molar-refractivity contribution in [3.8, 4) is 5.75 Å². The van der Waals surface area contributed by atoms with Gasteiger partial charge in [0.25, 0.3) is 5.91 Å². The third-order valence-corrected chi connectivity index (χ3v) is 3.62. The minimum atomic E-state index is -1.52. The van der Waals surface area contributed by atoms with Gasteiger partial charge in [0, 0.05) is 5.56 Å². The summed E-state index contributed by atoms with van der Waals surface area (Å²) in [5.41, 5.74) is 0.954. The lowest BCUT2D eigenvalue weighted by molar-refractivity contribution is -0.154. The van der Waals surface area contributed by atoms with Crippen LogP contribution >= 0.6 is 0 Å². The molecule has 6 heteroatoms. The standard InChI is InChI=1S/C19H21NO5/c1-3-25-19(23)17(21)16(13-8-5-4-6-9-13)20-18(22)14-10-7-11-15(12-14)24-2/h4-12,16-17,21H,3H2,1-2H3,(H,20,22)/t16-,17-/m0/s1. The van der Waals surface area contributed by atoms with Crippen LogP contribution in [0.3, 0.4) is 0 Å². The van der Waals surface area contributed by atoms with Gasteiger partial charge < -0.3 is 19.9 Å². The van der Waals surface area contributed by atoms with E-state index < -0.39 is 24.0 Å². The molecule has 132 valence electrons. The summed E-state index contributed by atoms with van der Waals surface area (Å²) >= 11 is 0. The molecule has 2 rings (SSSR count). The summed E-state index contributed by atoms with van der Waals surface area (Å²) in [4.78, 5) is 24.5. The Labute approximate surface area is 146 Å². The van der Waals surface area contributed by atoms with Crippen molar-refractivity contribution in [1.29, 1.82) is 0 Å². The fourth-order valence-electron chi connectivity index (χ4n) is 2.36. The van der Waals surface area contributed by atoms with Gasteiger partial charge in [-0.15, -0.1) is 0 Å². The molecule has 1 amide bonds. The molecular formula is C19H21NO5. The number of aliphatic hydroxyl groups excluding tert-OH is 1. The minimum Gasteiger partial charge on any atom is -0.497 e. The Kier molecular flexibility index (Phi) is 6.54. The number of hydrogen-bond acceptors (Lipinski definition) is 5. The number of amides is 1. The van der Waals surface area contributed by atoms with E-state index in [1.54, 1.807) is 61.5 Å². The molecule has 0 saturated heterocycles. The highest BCUT2D eigenvalue weighted by atomic mass is 16.5. The maximum absolute atomic E-state index is 12.6. The molecule has 6 nitrogen and oxygen atoms in total. The lowest BCUT2D eigenvalue weighted by Gasteiger charge is -2.23. The van der Waals surface area contributed by atoms with Crippen LogP contribution in [0, 0.1) is 0 Å². The fourth-order valence-corrected chi connectivity index (χ4v) is 2.36. The van der Waals surface area contributed by atoms with Crippen molar-refractivity contribution in [2.24, 2.45) is 0 Å². The van der Waals surface area contributed by atoms with Crippen molar-refractivity contribution in [3.05, 3.63) is 65.7 Å². The molecule has 0 unspecified atom stereocenters. The van der Waals surface area contributed by atoms with E-state index in [0.29, 0.717) is 16.9 Å². The summed E-state index contributed by atoms with van der Waals surface area (Å²) in [7, 11) is 1.51. The molecule has 2 atom stereocenters. The average Bonchev–Trinajstić information content (AvgIpc) is 2.66. The number of carbonyl (C=O) groups excluding carboxylic acids is 2. The van der Waals surface area contributed by atoms with Gasteiger partial charge in [-0.1, -0.05) is 36.4 Å². The van der Waals surface area contributed by atoms with E-state index in [9.17, 15) is 14.7 Å². The first-order valence-electron chi connectivity index (χ1n) is 7.91. The third kappa shape index (κ3) is 4.81. The second-order valence-corrected chi connectivity index (χ2v) is 5.29. The predicted molar refractivity (Wildman–Crippen MR) is 92.3 cm³/mol. The fraction of sp³-hybridized carbons (Fsp3) is 0.263. The van der Waals surface area contributed by atoms with Crippen molar-refractivity contribution in [3.63, 3.8) is 0 Å². The highest BCUT2D eigenvalue weighted by Crippen LogP contribution is 2.20. The van der Waals surface area contributed by atoms with Crippen LogP contribution in [0.1, 0.15) is 28.9 Å². The van der Waals surface area contributed by atoms with Gasteiger partial charge in [-0.2, -0.15) is 0 Å². The van der Waals surface area contributed by atoms with Crippen molar-refractivity contribution in [2.45, 2.75) is 19.1 Å². The van der Waals surface area contributed by atoms with E-state index in [1.165, 1.54) is 7.11 Å². The van der Waals surface area contributed by atoms with E-state index >= 15 is 0 Å². The first-order valence-corrected chi connectivity index (χ1v) is 7.91. The van der Waals surface area contributed by atoms with E-state index in [1.807, 2.05) is 0 Å². The quantitative estimate of drug-likeness (QED) is 0.752. The zero-order chi connectivity index (χ0) is 18.2. The first-order chi connectivity index (χ1) is 12.1. The van der Waals surface area contributed by atoms with Gasteiger partial charge in [-0.05, 0) is 30.7 Å². The number of aliphatic hydroxyl groups is 1. The average molecular weight is 343 g/mol. The maximum atomic E-state index is 12.6. The van der Waals surface area contributed by atoms with Crippen LogP contribution in [0.2, 0.25) is 0 Å². The summed E-state index contributed by atoms with van der Waals surface area (Å²) in [6, 6.07) is 14.4. The van der Waals surface area contributed by atoms with Gasteiger partial charge in [-0.25, -0.2) is 4.79 Å². The molecule has 0 aliphatic heterocycles.